The van der Waals surface area contributed by atoms with Crippen LogP contribution in [-0.2, 0) is 17.8 Å². The molecule has 1 aromatic rings. The second-order valence-corrected chi connectivity index (χ2v) is 5.65. The summed E-state index contributed by atoms with van der Waals surface area (Å²) in [4.78, 5) is 17.7. The molecule has 4 nitrogen and oxygen atoms in total. The molecule has 7 heteroatoms. The number of aromatic nitrogens is 1. The molecule has 3 N–H and O–H groups in total. The minimum Gasteiger partial charge on any atom is -0.349 e. The Hall–Kier alpha value is -0.360. The monoisotopic (exact) mass is 341 g/mol. The molecule has 0 aliphatic heterocycles. The van der Waals surface area contributed by atoms with Gasteiger partial charge in [-0.1, -0.05) is 20.8 Å². The van der Waals surface area contributed by atoms with Crippen LogP contribution in [0.3, 0.4) is 0 Å². The number of hydrogen-bond donors (Lipinski definition) is 2. The summed E-state index contributed by atoms with van der Waals surface area (Å²) in [6.07, 6.45) is 4.40. The zero-order valence-electron chi connectivity index (χ0n) is 12.3. The number of amides is 1. The summed E-state index contributed by atoms with van der Waals surface area (Å²) in [5.74, 6) is 0.0447. The summed E-state index contributed by atoms with van der Waals surface area (Å²) >= 11 is 1.65. The highest BCUT2D eigenvalue weighted by atomic mass is 35.5. The maximum absolute atomic E-state index is 12.2. The normalized spacial score (nSPS) is 10.4. The van der Waals surface area contributed by atoms with Crippen molar-refractivity contribution in [2.75, 3.05) is 6.54 Å². The number of nitrogens with two attached hydrogens (primary N) is 1. The number of thiazole rings is 1. The highest BCUT2D eigenvalue weighted by molar-refractivity contribution is 7.11. The lowest BCUT2D eigenvalue weighted by molar-refractivity contribution is -0.131. The molecule has 0 fully saturated rings. The van der Waals surface area contributed by atoms with Gasteiger partial charge in [0.2, 0.25) is 5.91 Å². The van der Waals surface area contributed by atoms with Crippen LogP contribution in [0.5, 0.6) is 0 Å². The molecule has 1 aromatic heterocycles. The van der Waals surface area contributed by atoms with Crippen molar-refractivity contribution in [2.24, 2.45) is 11.1 Å². The molecule has 0 aliphatic carbocycles. The van der Waals surface area contributed by atoms with E-state index in [4.69, 9.17) is 5.73 Å². The summed E-state index contributed by atoms with van der Waals surface area (Å²) < 4.78 is 0. The average Bonchev–Trinajstić information content (AvgIpc) is 2.87. The highest BCUT2D eigenvalue weighted by Gasteiger charge is 2.33. The molecule has 0 spiro atoms. The van der Waals surface area contributed by atoms with Gasteiger partial charge < -0.3 is 11.1 Å². The minimum absolute atomic E-state index is 0. The van der Waals surface area contributed by atoms with E-state index in [1.807, 2.05) is 20.0 Å². The number of carbonyl (C=O) groups is 1. The van der Waals surface area contributed by atoms with Crippen molar-refractivity contribution >= 4 is 42.1 Å². The lowest BCUT2D eigenvalue weighted by Crippen LogP contribution is -2.45. The van der Waals surface area contributed by atoms with Crippen LogP contribution < -0.4 is 11.1 Å². The Bertz CT molecular complexity index is 386. The SMILES string of the molecule is CCc1cnc(CNC(=O)C(CC)(CC)CN)s1.Cl.Cl. The molecule has 0 radical (unpaired) electrons. The van der Waals surface area contributed by atoms with Gasteiger partial charge in [0.15, 0.2) is 0 Å². The molecule has 0 aliphatic rings. The van der Waals surface area contributed by atoms with Gasteiger partial charge in [0, 0.05) is 17.6 Å². The third-order valence-electron chi connectivity index (χ3n) is 3.58. The van der Waals surface area contributed by atoms with Gasteiger partial charge in [0.1, 0.15) is 5.01 Å². The van der Waals surface area contributed by atoms with E-state index in [9.17, 15) is 4.79 Å². The van der Waals surface area contributed by atoms with Crippen molar-refractivity contribution in [1.82, 2.24) is 10.3 Å². The van der Waals surface area contributed by atoms with Crippen LogP contribution in [0.1, 0.15) is 43.5 Å². The van der Waals surface area contributed by atoms with Gasteiger partial charge in [-0.15, -0.1) is 36.2 Å². The van der Waals surface area contributed by atoms with Crippen molar-refractivity contribution in [3.8, 4) is 0 Å². The maximum atomic E-state index is 12.2. The summed E-state index contributed by atoms with van der Waals surface area (Å²) in [5, 5.41) is 3.92. The predicted molar refractivity (Wildman–Crippen MR) is 89.9 cm³/mol. The van der Waals surface area contributed by atoms with E-state index in [-0.39, 0.29) is 30.7 Å². The van der Waals surface area contributed by atoms with Crippen LogP contribution in [0.2, 0.25) is 0 Å². The fourth-order valence-corrected chi connectivity index (χ4v) is 2.69. The second kappa shape index (κ2) is 10.4. The molecular weight excluding hydrogens is 317 g/mol. The maximum Gasteiger partial charge on any atom is 0.227 e. The van der Waals surface area contributed by atoms with Gasteiger partial charge in [0.25, 0.3) is 0 Å². The van der Waals surface area contributed by atoms with Crippen molar-refractivity contribution in [2.45, 2.75) is 46.6 Å². The van der Waals surface area contributed by atoms with Crippen molar-refractivity contribution in [1.29, 1.82) is 0 Å². The lowest BCUT2D eigenvalue weighted by Gasteiger charge is -2.28. The molecule has 118 valence electrons. The Morgan fingerprint density at radius 2 is 1.95 bits per heavy atom. The number of halogens is 2. The number of hydrogen-bond acceptors (Lipinski definition) is 4. The van der Waals surface area contributed by atoms with Gasteiger partial charge in [-0.25, -0.2) is 4.98 Å². The molecule has 0 aromatic carbocycles. The van der Waals surface area contributed by atoms with E-state index in [0.29, 0.717) is 13.1 Å². The Kier molecular flexibility index (Phi) is 11.4. The third-order valence-corrected chi connectivity index (χ3v) is 4.72. The molecule has 20 heavy (non-hydrogen) atoms. The molecule has 0 atom stereocenters. The van der Waals surface area contributed by atoms with E-state index >= 15 is 0 Å². The van der Waals surface area contributed by atoms with Crippen LogP contribution in [-0.4, -0.2) is 17.4 Å². The zero-order valence-corrected chi connectivity index (χ0v) is 14.7. The molecule has 1 amide bonds. The Morgan fingerprint density at radius 3 is 2.35 bits per heavy atom. The van der Waals surface area contributed by atoms with Gasteiger partial charge in [-0.3, -0.25) is 4.79 Å². The van der Waals surface area contributed by atoms with Crippen LogP contribution in [0.4, 0.5) is 0 Å². The van der Waals surface area contributed by atoms with Gasteiger partial charge in [-0.05, 0) is 19.3 Å². The topological polar surface area (TPSA) is 68.0 Å². The first-order valence-electron chi connectivity index (χ1n) is 6.53. The van der Waals surface area contributed by atoms with Crippen molar-refractivity contribution in [3.05, 3.63) is 16.1 Å². The van der Waals surface area contributed by atoms with E-state index in [1.165, 1.54) is 4.88 Å². The largest absolute Gasteiger partial charge is 0.349 e. The van der Waals surface area contributed by atoms with Gasteiger partial charge >= 0.3 is 0 Å². The summed E-state index contributed by atoms with van der Waals surface area (Å²) in [5.41, 5.74) is 5.32. The van der Waals surface area contributed by atoms with E-state index < -0.39 is 5.41 Å². The van der Waals surface area contributed by atoms with Gasteiger partial charge in [-0.2, -0.15) is 0 Å². The Morgan fingerprint density at radius 1 is 1.35 bits per heavy atom. The average molecular weight is 342 g/mol. The van der Waals surface area contributed by atoms with Crippen LogP contribution in [0.15, 0.2) is 6.20 Å². The molecule has 1 rings (SSSR count). The fourth-order valence-electron chi connectivity index (χ4n) is 1.89. The molecule has 0 unspecified atom stereocenters. The number of rotatable bonds is 7. The second-order valence-electron chi connectivity index (χ2n) is 4.45. The molecule has 0 saturated carbocycles. The number of nitrogens with zero attached hydrogens (tertiary/aromatic N) is 1. The van der Waals surface area contributed by atoms with E-state index in [1.54, 1.807) is 11.3 Å². The first-order valence-corrected chi connectivity index (χ1v) is 7.35. The van der Waals surface area contributed by atoms with E-state index in [0.717, 1.165) is 24.3 Å². The zero-order chi connectivity index (χ0) is 13.6. The van der Waals surface area contributed by atoms with E-state index in [2.05, 4.69) is 17.2 Å². The van der Waals surface area contributed by atoms with Crippen molar-refractivity contribution in [3.63, 3.8) is 0 Å². The minimum atomic E-state index is -0.426. The molecule has 1 heterocycles. The number of aryl methyl sites for hydroxylation is 1. The highest BCUT2D eigenvalue weighted by Crippen LogP contribution is 2.25. The number of nitrogens with one attached hydrogen (secondary N) is 1. The third kappa shape index (κ3) is 5.20. The molecule has 0 bridgehead atoms. The molecular formula is C13H25Cl2N3OS. The Labute approximate surface area is 137 Å². The standard InChI is InChI=1S/C13H23N3OS.2ClH/c1-4-10-7-15-11(18-10)8-16-12(17)13(5-2,6-3)9-14;;/h7H,4-6,8-9,14H2,1-3H3,(H,16,17);2*1H. The number of carbonyl (C=O) groups excluding carboxylic acids is 1. The van der Waals surface area contributed by atoms with Crippen LogP contribution in [0, 0.1) is 5.41 Å². The molecule has 0 saturated heterocycles. The predicted octanol–water partition coefficient (Wildman–Crippen LogP) is 2.93. The fraction of sp³-hybridized carbons (Fsp3) is 0.692. The summed E-state index contributed by atoms with van der Waals surface area (Å²) in [6, 6.07) is 0. The Balaban J connectivity index is 0. The van der Waals surface area contributed by atoms with Gasteiger partial charge in [0.05, 0.1) is 12.0 Å². The lowest BCUT2D eigenvalue weighted by atomic mass is 9.81. The first-order chi connectivity index (χ1) is 8.61. The van der Waals surface area contributed by atoms with Crippen LogP contribution in [0.25, 0.3) is 0 Å². The smallest absolute Gasteiger partial charge is 0.227 e. The summed E-state index contributed by atoms with van der Waals surface area (Å²) in [7, 11) is 0. The van der Waals surface area contributed by atoms with Crippen molar-refractivity contribution < 1.29 is 4.79 Å². The summed E-state index contributed by atoms with van der Waals surface area (Å²) in [6.45, 7) is 7.02. The first kappa shape index (κ1) is 21.9. The van der Waals surface area contributed by atoms with Crippen LogP contribution >= 0.6 is 36.2 Å². The quantitative estimate of drug-likeness (QED) is 0.801.